The highest BCUT2D eigenvalue weighted by atomic mass is 35.5. The Morgan fingerprint density at radius 1 is 1.15 bits per heavy atom. The highest BCUT2D eigenvalue weighted by molar-refractivity contribution is 6.31. The molecule has 7 heteroatoms. The average molecular weight is 367 g/mol. The minimum atomic E-state index is -0.234. The number of hydrogen-bond donors (Lipinski definition) is 1. The van der Waals surface area contributed by atoms with E-state index < -0.39 is 0 Å². The molecule has 3 heterocycles. The molecule has 0 aliphatic rings. The molecule has 0 atom stereocenters. The summed E-state index contributed by atoms with van der Waals surface area (Å²) >= 11 is 6.10. The van der Waals surface area contributed by atoms with Gasteiger partial charge < -0.3 is 9.72 Å². The maximum atomic E-state index is 12.4. The number of H-pyrrole nitrogens is 1. The van der Waals surface area contributed by atoms with Gasteiger partial charge in [-0.25, -0.2) is 0 Å². The van der Waals surface area contributed by atoms with Crippen molar-refractivity contribution in [2.45, 2.75) is 13.5 Å². The summed E-state index contributed by atoms with van der Waals surface area (Å²) in [6, 6.07) is 14.3. The first-order chi connectivity index (χ1) is 12.6. The zero-order valence-corrected chi connectivity index (χ0v) is 14.7. The van der Waals surface area contributed by atoms with Crippen LogP contribution in [-0.4, -0.2) is 19.6 Å². The number of aromatic amines is 1. The normalized spacial score (nSPS) is 11.0. The zero-order valence-electron chi connectivity index (χ0n) is 13.9. The van der Waals surface area contributed by atoms with Crippen molar-refractivity contribution in [3.8, 4) is 17.1 Å². The first-order valence-corrected chi connectivity index (χ1v) is 8.41. The molecule has 1 N–H and O–H groups in total. The fourth-order valence-corrected chi connectivity index (χ4v) is 2.83. The van der Waals surface area contributed by atoms with Crippen molar-refractivity contribution in [2.75, 3.05) is 0 Å². The Morgan fingerprint density at radius 3 is 2.85 bits per heavy atom. The molecule has 26 heavy (non-hydrogen) atoms. The Labute approximate surface area is 154 Å². The van der Waals surface area contributed by atoms with Gasteiger partial charge in [-0.1, -0.05) is 23.7 Å². The standard InChI is InChI=1S/C19H15ClN4O2/c1-12-14(20)5-4-7-17(12)26-11-13-9-19(25)24-18(22-13)10-16(23-24)15-6-2-3-8-21-15/h2-10,22H,11H2,1H3. The van der Waals surface area contributed by atoms with Gasteiger partial charge in [0.1, 0.15) is 23.7 Å². The number of nitrogens with one attached hydrogen (secondary N) is 1. The van der Waals surface area contributed by atoms with Crippen LogP contribution >= 0.6 is 11.6 Å². The van der Waals surface area contributed by atoms with Crippen LogP contribution in [0.5, 0.6) is 5.75 Å². The van der Waals surface area contributed by atoms with Gasteiger partial charge in [-0.15, -0.1) is 0 Å². The minimum absolute atomic E-state index is 0.219. The molecule has 4 rings (SSSR count). The van der Waals surface area contributed by atoms with E-state index in [9.17, 15) is 4.79 Å². The number of rotatable bonds is 4. The van der Waals surface area contributed by atoms with Crippen molar-refractivity contribution in [3.05, 3.63) is 81.4 Å². The Balaban J connectivity index is 1.65. The van der Waals surface area contributed by atoms with Gasteiger partial charge >= 0.3 is 0 Å². The summed E-state index contributed by atoms with van der Waals surface area (Å²) < 4.78 is 7.12. The van der Waals surface area contributed by atoms with Crippen LogP contribution in [0.4, 0.5) is 0 Å². The van der Waals surface area contributed by atoms with Crippen LogP contribution in [0.3, 0.4) is 0 Å². The summed E-state index contributed by atoms with van der Waals surface area (Å²) in [7, 11) is 0. The monoisotopic (exact) mass is 366 g/mol. The molecule has 0 aliphatic carbocycles. The second kappa shape index (κ2) is 6.65. The number of fused-ring (bicyclic) bond motifs is 1. The lowest BCUT2D eigenvalue weighted by atomic mass is 10.2. The van der Waals surface area contributed by atoms with E-state index >= 15 is 0 Å². The molecule has 0 amide bonds. The van der Waals surface area contributed by atoms with Gasteiger partial charge in [0.05, 0.1) is 11.4 Å². The van der Waals surface area contributed by atoms with Gasteiger partial charge in [-0.2, -0.15) is 9.61 Å². The average Bonchev–Trinajstić information content (AvgIpc) is 3.08. The van der Waals surface area contributed by atoms with Crippen molar-refractivity contribution in [1.82, 2.24) is 19.6 Å². The van der Waals surface area contributed by atoms with Crippen molar-refractivity contribution in [2.24, 2.45) is 0 Å². The van der Waals surface area contributed by atoms with Gasteiger partial charge in [0.2, 0.25) is 0 Å². The molecule has 0 fully saturated rings. The number of halogens is 1. The molecule has 0 saturated heterocycles. The van der Waals surface area contributed by atoms with Crippen molar-refractivity contribution < 1.29 is 4.74 Å². The molecule has 0 saturated carbocycles. The predicted octanol–water partition coefficient (Wildman–Crippen LogP) is 3.63. The maximum absolute atomic E-state index is 12.4. The molecule has 4 aromatic rings. The van der Waals surface area contributed by atoms with Crippen LogP contribution in [0.2, 0.25) is 5.02 Å². The lowest BCUT2D eigenvalue weighted by Gasteiger charge is -2.10. The van der Waals surface area contributed by atoms with Gasteiger partial charge in [-0.3, -0.25) is 9.78 Å². The van der Waals surface area contributed by atoms with Crippen LogP contribution in [0, 0.1) is 6.92 Å². The van der Waals surface area contributed by atoms with E-state index in [1.165, 1.54) is 10.6 Å². The predicted molar refractivity (Wildman–Crippen MR) is 99.6 cm³/mol. The molecule has 1 aromatic carbocycles. The summed E-state index contributed by atoms with van der Waals surface area (Å²) in [4.78, 5) is 19.8. The van der Waals surface area contributed by atoms with E-state index in [0.717, 1.165) is 5.56 Å². The Kier molecular flexibility index (Phi) is 4.18. The van der Waals surface area contributed by atoms with Crippen LogP contribution in [0.1, 0.15) is 11.3 Å². The van der Waals surface area contributed by atoms with Crippen molar-refractivity contribution in [1.29, 1.82) is 0 Å². The van der Waals surface area contributed by atoms with Crippen LogP contribution in [-0.2, 0) is 6.61 Å². The van der Waals surface area contributed by atoms with E-state index in [-0.39, 0.29) is 12.2 Å². The van der Waals surface area contributed by atoms with E-state index in [1.807, 2.05) is 43.3 Å². The number of aromatic nitrogens is 4. The number of hydrogen-bond acceptors (Lipinski definition) is 4. The van der Waals surface area contributed by atoms with E-state index in [1.54, 1.807) is 12.3 Å². The number of benzene rings is 1. The lowest BCUT2D eigenvalue weighted by Crippen LogP contribution is -2.16. The van der Waals surface area contributed by atoms with Crippen molar-refractivity contribution in [3.63, 3.8) is 0 Å². The third-order valence-electron chi connectivity index (χ3n) is 4.03. The largest absolute Gasteiger partial charge is 0.487 e. The molecule has 3 aromatic heterocycles. The first kappa shape index (κ1) is 16.4. The molecular formula is C19H15ClN4O2. The topological polar surface area (TPSA) is 72.3 Å². The highest BCUT2D eigenvalue weighted by Crippen LogP contribution is 2.25. The van der Waals surface area contributed by atoms with Gasteiger partial charge in [-0.05, 0) is 31.2 Å². The van der Waals surface area contributed by atoms with E-state index in [0.29, 0.717) is 33.5 Å². The molecule has 0 aliphatic heterocycles. The van der Waals surface area contributed by atoms with E-state index in [4.69, 9.17) is 16.3 Å². The Hall–Kier alpha value is -3.12. The molecule has 0 unspecified atom stereocenters. The van der Waals surface area contributed by atoms with Crippen molar-refractivity contribution >= 4 is 17.2 Å². The second-order valence-corrected chi connectivity index (χ2v) is 6.23. The van der Waals surface area contributed by atoms with Crippen LogP contribution in [0.25, 0.3) is 17.0 Å². The zero-order chi connectivity index (χ0) is 18.1. The lowest BCUT2D eigenvalue weighted by molar-refractivity contribution is 0.299. The Bertz CT molecular complexity index is 1140. The van der Waals surface area contributed by atoms with Gasteiger partial charge in [0.15, 0.2) is 0 Å². The molecule has 6 nitrogen and oxygen atoms in total. The second-order valence-electron chi connectivity index (χ2n) is 5.83. The quantitative estimate of drug-likeness (QED) is 0.598. The number of ether oxygens (including phenoxy) is 1. The first-order valence-electron chi connectivity index (χ1n) is 8.03. The Morgan fingerprint density at radius 2 is 2.04 bits per heavy atom. The van der Waals surface area contributed by atoms with Gasteiger partial charge in [0, 0.05) is 28.9 Å². The summed E-state index contributed by atoms with van der Waals surface area (Å²) in [6.45, 7) is 2.11. The van der Waals surface area contributed by atoms with Crippen LogP contribution < -0.4 is 10.3 Å². The highest BCUT2D eigenvalue weighted by Gasteiger charge is 2.10. The van der Waals surface area contributed by atoms with Gasteiger partial charge in [0.25, 0.3) is 5.56 Å². The molecule has 0 spiro atoms. The summed E-state index contributed by atoms with van der Waals surface area (Å²) in [5.41, 5.74) is 3.19. The summed E-state index contributed by atoms with van der Waals surface area (Å²) in [5, 5.41) is 4.96. The smallest absolute Gasteiger partial charge is 0.274 e. The number of pyridine rings is 1. The molecule has 130 valence electrons. The summed E-state index contributed by atoms with van der Waals surface area (Å²) in [5.74, 6) is 0.681. The SMILES string of the molecule is Cc1c(Cl)cccc1OCc1cc(=O)n2nc(-c3ccccn3)cc2[nH]1. The fraction of sp³-hybridized carbons (Fsp3) is 0.105. The molecule has 0 radical (unpaired) electrons. The fourth-order valence-electron chi connectivity index (χ4n) is 2.67. The maximum Gasteiger partial charge on any atom is 0.274 e. The summed E-state index contributed by atoms with van der Waals surface area (Å²) in [6.07, 6.45) is 1.69. The molecule has 0 bridgehead atoms. The third-order valence-corrected chi connectivity index (χ3v) is 4.44. The van der Waals surface area contributed by atoms with E-state index in [2.05, 4.69) is 15.1 Å². The number of nitrogens with zero attached hydrogens (tertiary/aromatic N) is 3. The third kappa shape index (κ3) is 3.07. The van der Waals surface area contributed by atoms with Crippen LogP contribution in [0.15, 0.2) is 59.5 Å². The molecular weight excluding hydrogens is 352 g/mol. The minimum Gasteiger partial charge on any atom is -0.487 e.